The third-order valence-corrected chi connectivity index (χ3v) is 4.19. The molecule has 0 saturated heterocycles. The van der Waals surface area contributed by atoms with Gasteiger partial charge in [0.25, 0.3) is 0 Å². The fourth-order valence-corrected chi connectivity index (χ4v) is 2.89. The summed E-state index contributed by atoms with van der Waals surface area (Å²) in [5, 5.41) is 16.9. The molecule has 0 bridgehead atoms. The number of nitrogens with one attached hydrogen (secondary N) is 2. The van der Waals surface area contributed by atoms with Gasteiger partial charge < -0.3 is 10.4 Å². The van der Waals surface area contributed by atoms with E-state index in [4.69, 9.17) is 0 Å². The molecule has 0 aliphatic heterocycles. The molecule has 1 aliphatic carbocycles. The van der Waals surface area contributed by atoms with E-state index in [0.29, 0.717) is 18.0 Å². The number of anilines is 1. The van der Waals surface area contributed by atoms with Crippen molar-refractivity contribution in [2.24, 2.45) is 5.41 Å². The van der Waals surface area contributed by atoms with Crippen molar-refractivity contribution in [3.63, 3.8) is 0 Å². The van der Waals surface area contributed by atoms with Gasteiger partial charge in [0.15, 0.2) is 5.13 Å². The average Bonchev–Trinajstić information content (AvgIpc) is 2.90. The largest absolute Gasteiger partial charge is 0.481 e. The van der Waals surface area contributed by atoms with E-state index in [0.717, 1.165) is 19.3 Å². The number of hydrogen-bond acceptors (Lipinski definition) is 4. The molecular formula is C12H17N3O3S. The number of hydrogen-bond donors (Lipinski definition) is 3. The van der Waals surface area contributed by atoms with Crippen LogP contribution in [-0.2, 0) is 4.79 Å². The second kappa shape index (κ2) is 6.01. The summed E-state index contributed by atoms with van der Waals surface area (Å²) in [7, 11) is 0. The van der Waals surface area contributed by atoms with E-state index in [1.54, 1.807) is 11.6 Å². The Morgan fingerprint density at radius 2 is 2.11 bits per heavy atom. The van der Waals surface area contributed by atoms with Crippen LogP contribution in [0, 0.1) is 5.41 Å². The van der Waals surface area contributed by atoms with E-state index in [1.807, 2.05) is 0 Å². The first-order chi connectivity index (χ1) is 9.12. The quantitative estimate of drug-likeness (QED) is 0.790. The molecule has 104 valence electrons. The lowest BCUT2D eigenvalue weighted by Crippen LogP contribution is -2.45. The predicted octanol–water partition coefficient (Wildman–Crippen LogP) is 2.30. The van der Waals surface area contributed by atoms with Crippen molar-refractivity contribution < 1.29 is 14.7 Å². The highest BCUT2D eigenvalue weighted by molar-refractivity contribution is 7.13. The summed E-state index contributed by atoms with van der Waals surface area (Å²) in [5.74, 6) is -0.818. The number of thiazole rings is 1. The van der Waals surface area contributed by atoms with Crippen molar-refractivity contribution in [3.8, 4) is 0 Å². The molecule has 7 heteroatoms. The van der Waals surface area contributed by atoms with Crippen LogP contribution in [0.5, 0.6) is 0 Å². The van der Waals surface area contributed by atoms with Crippen LogP contribution >= 0.6 is 11.3 Å². The fraction of sp³-hybridized carbons (Fsp3) is 0.583. The molecule has 1 aromatic heterocycles. The Bertz CT molecular complexity index is 441. The summed E-state index contributed by atoms with van der Waals surface area (Å²) in [4.78, 5) is 27.0. The van der Waals surface area contributed by atoms with Gasteiger partial charge in [-0.2, -0.15) is 0 Å². The molecule has 0 spiro atoms. The van der Waals surface area contributed by atoms with Gasteiger partial charge in [-0.05, 0) is 12.8 Å². The van der Waals surface area contributed by atoms with Crippen LogP contribution in [0.3, 0.4) is 0 Å². The molecule has 0 radical (unpaired) electrons. The number of carbonyl (C=O) groups excluding carboxylic acids is 1. The molecule has 0 aromatic carbocycles. The zero-order chi connectivity index (χ0) is 13.7. The highest BCUT2D eigenvalue weighted by atomic mass is 32.1. The second-order valence-electron chi connectivity index (χ2n) is 4.79. The maximum absolute atomic E-state index is 11.7. The number of carboxylic acids is 1. The minimum atomic E-state index is -0.818. The summed E-state index contributed by atoms with van der Waals surface area (Å²) in [6.07, 6.45) is 5.73. The van der Waals surface area contributed by atoms with Gasteiger partial charge >= 0.3 is 12.0 Å². The Hall–Kier alpha value is -1.63. The van der Waals surface area contributed by atoms with E-state index >= 15 is 0 Å². The summed E-state index contributed by atoms with van der Waals surface area (Å²) in [6, 6.07) is -0.402. The van der Waals surface area contributed by atoms with Gasteiger partial charge in [-0.3, -0.25) is 10.1 Å². The molecule has 1 aromatic rings. The third-order valence-electron chi connectivity index (χ3n) is 3.50. The number of urea groups is 1. The molecule has 1 saturated carbocycles. The van der Waals surface area contributed by atoms with Crippen LogP contribution in [0.2, 0.25) is 0 Å². The number of aromatic nitrogens is 1. The molecule has 3 N–H and O–H groups in total. The lowest BCUT2D eigenvalue weighted by Gasteiger charge is -2.33. The normalized spacial score (nSPS) is 17.7. The van der Waals surface area contributed by atoms with Gasteiger partial charge in [-0.25, -0.2) is 9.78 Å². The smallest absolute Gasteiger partial charge is 0.321 e. The molecule has 0 unspecified atom stereocenters. The third kappa shape index (κ3) is 3.44. The van der Waals surface area contributed by atoms with Crippen molar-refractivity contribution in [2.75, 3.05) is 11.9 Å². The topological polar surface area (TPSA) is 91.3 Å². The fourth-order valence-electron chi connectivity index (χ4n) is 2.37. The van der Waals surface area contributed by atoms with Gasteiger partial charge in [0, 0.05) is 18.1 Å². The van der Waals surface area contributed by atoms with E-state index in [-0.39, 0.29) is 6.54 Å². The van der Waals surface area contributed by atoms with Crippen molar-refractivity contribution in [2.45, 2.75) is 32.1 Å². The van der Waals surface area contributed by atoms with Crippen LogP contribution in [0.1, 0.15) is 32.1 Å². The standard InChI is InChI=1S/C12H17N3O3S/c16-9(17)12(4-2-1-3-5-12)8-14-10(18)15-11-13-6-7-19-11/h6-7H,1-5,8H2,(H,16,17)(H2,13,14,15,18). The van der Waals surface area contributed by atoms with E-state index < -0.39 is 17.4 Å². The van der Waals surface area contributed by atoms with Gasteiger partial charge in [0.1, 0.15) is 0 Å². The lowest BCUT2D eigenvalue weighted by atomic mass is 9.74. The Morgan fingerprint density at radius 1 is 1.37 bits per heavy atom. The van der Waals surface area contributed by atoms with Crippen molar-refractivity contribution in [3.05, 3.63) is 11.6 Å². The predicted molar refractivity (Wildman–Crippen MR) is 72.3 cm³/mol. The Balaban J connectivity index is 1.88. The first-order valence-corrected chi connectivity index (χ1v) is 7.18. The highest BCUT2D eigenvalue weighted by Gasteiger charge is 2.39. The monoisotopic (exact) mass is 283 g/mol. The van der Waals surface area contributed by atoms with E-state index in [1.165, 1.54) is 11.3 Å². The molecule has 19 heavy (non-hydrogen) atoms. The Labute approximate surface area is 115 Å². The Morgan fingerprint density at radius 3 is 2.68 bits per heavy atom. The molecule has 1 heterocycles. The molecule has 0 atom stereocenters. The van der Waals surface area contributed by atoms with Gasteiger partial charge in [-0.15, -0.1) is 11.3 Å². The molecule has 2 rings (SSSR count). The number of nitrogens with zero attached hydrogens (tertiary/aromatic N) is 1. The van der Waals surface area contributed by atoms with E-state index in [2.05, 4.69) is 15.6 Å². The maximum Gasteiger partial charge on any atom is 0.321 e. The average molecular weight is 283 g/mol. The second-order valence-corrected chi connectivity index (χ2v) is 5.69. The summed E-state index contributed by atoms with van der Waals surface area (Å²) in [6.45, 7) is 0.166. The summed E-state index contributed by atoms with van der Waals surface area (Å²) in [5.41, 5.74) is -0.807. The van der Waals surface area contributed by atoms with Gasteiger partial charge in [0.05, 0.1) is 5.41 Å². The molecule has 2 amide bonds. The molecule has 1 fully saturated rings. The van der Waals surface area contributed by atoms with Gasteiger partial charge in [0.2, 0.25) is 0 Å². The van der Waals surface area contributed by atoms with Crippen LogP contribution in [-0.4, -0.2) is 28.6 Å². The number of rotatable bonds is 4. The first-order valence-electron chi connectivity index (χ1n) is 6.30. The summed E-state index contributed by atoms with van der Waals surface area (Å²) >= 11 is 1.32. The summed E-state index contributed by atoms with van der Waals surface area (Å²) < 4.78 is 0. The minimum Gasteiger partial charge on any atom is -0.481 e. The zero-order valence-electron chi connectivity index (χ0n) is 10.5. The first kappa shape index (κ1) is 13.8. The Kier molecular flexibility index (Phi) is 4.36. The molecular weight excluding hydrogens is 266 g/mol. The number of carboxylic acid groups (broad SMARTS) is 1. The number of aliphatic carboxylic acids is 1. The van der Waals surface area contributed by atoms with Crippen LogP contribution < -0.4 is 10.6 Å². The number of carbonyl (C=O) groups is 2. The van der Waals surface area contributed by atoms with Crippen molar-refractivity contribution in [1.82, 2.24) is 10.3 Å². The SMILES string of the molecule is O=C(NCC1(C(=O)O)CCCCC1)Nc1nccs1. The van der Waals surface area contributed by atoms with Crippen LogP contribution in [0.15, 0.2) is 11.6 Å². The zero-order valence-corrected chi connectivity index (χ0v) is 11.3. The van der Waals surface area contributed by atoms with E-state index in [9.17, 15) is 14.7 Å². The van der Waals surface area contributed by atoms with Gasteiger partial charge in [-0.1, -0.05) is 19.3 Å². The van der Waals surface area contributed by atoms with Crippen LogP contribution in [0.25, 0.3) is 0 Å². The lowest BCUT2D eigenvalue weighted by molar-refractivity contribution is -0.150. The van der Waals surface area contributed by atoms with Crippen LogP contribution in [0.4, 0.5) is 9.93 Å². The minimum absolute atomic E-state index is 0.166. The molecule has 6 nitrogen and oxygen atoms in total. The molecule has 1 aliphatic rings. The van der Waals surface area contributed by atoms with Crippen molar-refractivity contribution in [1.29, 1.82) is 0 Å². The van der Waals surface area contributed by atoms with Crippen molar-refractivity contribution >= 4 is 28.5 Å². The highest BCUT2D eigenvalue weighted by Crippen LogP contribution is 2.36. The number of amides is 2. The maximum atomic E-state index is 11.7.